The van der Waals surface area contributed by atoms with Crippen molar-refractivity contribution in [2.75, 3.05) is 13.7 Å². The molecule has 160 valence electrons. The molecule has 0 aliphatic heterocycles. The minimum Gasteiger partial charge on any atom is -0.496 e. The van der Waals surface area contributed by atoms with Crippen molar-refractivity contribution >= 4 is 29.2 Å². The van der Waals surface area contributed by atoms with E-state index in [0.717, 1.165) is 0 Å². The third-order valence-electron chi connectivity index (χ3n) is 4.23. The highest BCUT2D eigenvalue weighted by atomic mass is 32.1. The predicted molar refractivity (Wildman–Crippen MR) is 114 cm³/mol. The number of rotatable bonds is 6. The number of fused-ring (bicyclic) bond motifs is 1. The average molecular weight is 433 g/mol. The van der Waals surface area contributed by atoms with Gasteiger partial charge in [-0.05, 0) is 45.5 Å². The maximum absolute atomic E-state index is 13.1. The molecule has 0 radical (unpaired) electrons. The Morgan fingerprint density at radius 2 is 2.13 bits per heavy atom. The van der Waals surface area contributed by atoms with Crippen molar-refractivity contribution in [3.8, 4) is 17.1 Å². The number of methoxy groups -OCH3 is 1. The highest BCUT2D eigenvalue weighted by molar-refractivity contribution is 7.71. The van der Waals surface area contributed by atoms with Gasteiger partial charge in [-0.3, -0.25) is 9.36 Å². The molecule has 0 bridgehead atoms. The van der Waals surface area contributed by atoms with E-state index < -0.39 is 11.7 Å². The van der Waals surface area contributed by atoms with Crippen molar-refractivity contribution in [1.82, 2.24) is 19.9 Å². The Morgan fingerprint density at radius 1 is 1.37 bits per heavy atom. The van der Waals surface area contributed by atoms with E-state index in [2.05, 4.69) is 15.3 Å². The van der Waals surface area contributed by atoms with Crippen LogP contribution in [0.2, 0.25) is 0 Å². The molecule has 10 heteroatoms. The second-order valence-electron chi connectivity index (χ2n) is 7.63. The molecular weight excluding hydrogens is 408 g/mol. The van der Waals surface area contributed by atoms with Gasteiger partial charge in [0.25, 0.3) is 5.56 Å². The lowest BCUT2D eigenvalue weighted by atomic mass is 10.1. The highest BCUT2D eigenvalue weighted by Crippen LogP contribution is 2.32. The normalized spacial score (nSPS) is 11.5. The van der Waals surface area contributed by atoms with E-state index in [4.69, 9.17) is 26.1 Å². The van der Waals surface area contributed by atoms with Crippen LogP contribution in [0.3, 0.4) is 0 Å². The molecule has 30 heavy (non-hydrogen) atoms. The van der Waals surface area contributed by atoms with Gasteiger partial charge < -0.3 is 24.2 Å². The summed E-state index contributed by atoms with van der Waals surface area (Å²) in [5.41, 5.74) is 0.371. The number of aromatic nitrogens is 3. The quantitative estimate of drug-likeness (QED) is 0.452. The van der Waals surface area contributed by atoms with E-state index in [1.165, 1.54) is 18.1 Å². The molecule has 0 saturated heterocycles. The van der Waals surface area contributed by atoms with E-state index in [9.17, 15) is 9.59 Å². The van der Waals surface area contributed by atoms with E-state index >= 15 is 0 Å². The molecule has 0 unspecified atom stereocenters. The summed E-state index contributed by atoms with van der Waals surface area (Å²) in [7, 11) is 1.54. The number of benzene rings is 1. The first kappa shape index (κ1) is 21.6. The smallest absolute Gasteiger partial charge is 0.407 e. The first-order chi connectivity index (χ1) is 14.2. The van der Waals surface area contributed by atoms with Gasteiger partial charge in [-0.2, -0.15) is 0 Å². The fraction of sp³-hybridized carbons (Fsp3) is 0.400. The van der Waals surface area contributed by atoms with E-state index in [1.54, 1.807) is 39.1 Å². The summed E-state index contributed by atoms with van der Waals surface area (Å²) in [6.07, 6.45) is 2.87. The Balaban J connectivity index is 1.83. The number of ether oxygens (including phenoxy) is 2. The fourth-order valence-corrected chi connectivity index (χ4v) is 3.22. The average Bonchev–Trinajstić information content (AvgIpc) is 3.19. The van der Waals surface area contributed by atoms with Crippen molar-refractivity contribution in [3.05, 3.63) is 39.8 Å². The lowest BCUT2D eigenvalue weighted by Gasteiger charge is -2.19. The van der Waals surface area contributed by atoms with Crippen LogP contribution in [0.25, 0.3) is 22.2 Å². The van der Waals surface area contributed by atoms with Crippen LogP contribution in [0.1, 0.15) is 27.2 Å². The summed E-state index contributed by atoms with van der Waals surface area (Å²) in [5.74, 6) is 1.02. The molecule has 0 aliphatic carbocycles. The number of carbonyl (C=O) groups is 1. The lowest BCUT2D eigenvalue weighted by molar-refractivity contribution is 0.0526. The Labute approximate surface area is 178 Å². The number of aromatic amines is 1. The first-order valence-corrected chi connectivity index (χ1v) is 9.81. The van der Waals surface area contributed by atoms with E-state index in [1.807, 2.05) is 0 Å². The van der Waals surface area contributed by atoms with Crippen LogP contribution in [0.4, 0.5) is 4.79 Å². The Hall–Kier alpha value is -3.14. The number of hydrogen-bond acceptors (Lipinski definition) is 7. The summed E-state index contributed by atoms with van der Waals surface area (Å²) in [6.45, 7) is 6.07. The van der Waals surface area contributed by atoms with E-state index in [-0.39, 0.29) is 5.56 Å². The van der Waals surface area contributed by atoms with Gasteiger partial charge in [0.05, 0.1) is 29.8 Å². The number of oxazole rings is 1. The molecule has 1 amide bonds. The predicted octanol–water partition coefficient (Wildman–Crippen LogP) is 3.64. The summed E-state index contributed by atoms with van der Waals surface area (Å²) in [5, 5.41) is 3.11. The topological polar surface area (TPSA) is 111 Å². The zero-order valence-corrected chi connectivity index (χ0v) is 18.1. The minimum atomic E-state index is -0.565. The first-order valence-electron chi connectivity index (χ1n) is 9.40. The molecule has 2 aromatic heterocycles. The molecule has 3 rings (SSSR count). The molecule has 0 spiro atoms. The van der Waals surface area contributed by atoms with Crippen molar-refractivity contribution in [2.24, 2.45) is 0 Å². The number of carbonyl (C=O) groups excluding carboxylic acids is 1. The molecule has 0 aliphatic rings. The van der Waals surface area contributed by atoms with Crippen LogP contribution < -0.4 is 15.6 Å². The van der Waals surface area contributed by atoms with Gasteiger partial charge in [0.15, 0.2) is 16.9 Å². The molecule has 3 aromatic rings. The molecule has 9 nitrogen and oxygen atoms in total. The molecule has 2 N–H and O–H groups in total. The second kappa shape index (κ2) is 8.70. The molecule has 1 aromatic carbocycles. The van der Waals surface area contributed by atoms with Crippen molar-refractivity contribution < 1.29 is 18.7 Å². The second-order valence-corrected chi connectivity index (χ2v) is 8.02. The highest BCUT2D eigenvalue weighted by Gasteiger charge is 2.16. The van der Waals surface area contributed by atoms with Crippen LogP contribution >= 0.6 is 12.2 Å². The SMILES string of the molecule is COc1cc2[nH]c(=S)n(CCCNC(=O)OC(C)(C)C)c(=O)c2cc1-c1cnco1. The van der Waals surface area contributed by atoms with Crippen LogP contribution in [0.5, 0.6) is 5.75 Å². The van der Waals surface area contributed by atoms with Crippen molar-refractivity contribution in [2.45, 2.75) is 39.3 Å². The number of H-pyrrole nitrogens is 1. The Kier molecular flexibility index (Phi) is 6.25. The molecule has 0 atom stereocenters. The molecule has 0 saturated carbocycles. The summed E-state index contributed by atoms with van der Waals surface area (Å²) in [6, 6.07) is 3.40. The zero-order valence-electron chi connectivity index (χ0n) is 17.3. The molecule has 0 fully saturated rings. The largest absolute Gasteiger partial charge is 0.496 e. The monoisotopic (exact) mass is 432 g/mol. The minimum absolute atomic E-state index is 0.241. The van der Waals surface area contributed by atoms with Gasteiger partial charge >= 0.3 is 6.09 Å². The Morgan fingerprint density at radius 3 is 2.77 bits per heavy atom. The molecular formula is C20H24N4O5S. The summed E-state index contributed by atoms with van der Waals surface area (Å²) < 4.78 is 17.7. The van der Waals surface area contributed by atoms with Crippen LogP contribution in [0, 0.1) is 4.77 Å². The Bertz CT molecular complexity index is 1160. The maximum atomic E-state index is 13.1. The van der Waals surface area contributed by atoms with Crippen LogP contribution in [0.15, 0.2) is 33.9 Å². The number of nitrogens with one attached hydrogen (secondary N) is 2. The zero-order chi connectivity index (χ0) is 21.9. The maximum Gasteiger partial charge on any atom is 0.407 e. The van der Waals surface area contributed by atoms with Gasteiger partial charge in [0.2, 0.25) is 0 Å². The van der Waals surface area contributed by atoms with Gasteiger partial charge in [-0.15, -0.1) is 0 Å². The standard InChI is InChI=1S/C20H24N4O5S/c1-20(2,3)29-19(26)22-6-5-7-24-17(25)12-8-13(16-10-21-11-28-16)15(27-4)9-14(12)23-18(24)30/h8-11H,5-7H2,1-4H3,(H,22,26)(H,23,30). The lowest BCUT2D eigenvalue weighted by Crippen LogP contribution is -2.33. The van der Waals surface area contributed by atoms with E-state index in [0.29, 0.717) is 52.3 Å². The number of alkyl carbamates (subject to hydrolysis) is 1. The van der Waals surface area contributed by atoms with Gasteiger partial charge in [-0.1, -0.05) is 0 Å². The third kappa shape index (κ3) is 4.88. The summed E-state index contributed by atoms with van der Waals surface area (Å²) >= 11 is 5.36. The van der Waals surface area contributed by atoms with Crippen LogP contribution in [-0.2, 0) is 11.3 Å². The summed E-state index contributed by atoms with van der Waals surface area (Å²) in [4.78, 5) is 31.8. The number of nitrogens with zero attached hydrogens (tertiary/aromatic N) is 2. The van der Waals surface area contributed by atoms with Gasteiger partial charge in [0, 0.05) is 19.2 Å². The molecule has 2 heterocycles. The third-order valence-corrected chi connectivity index (χ3v) is 4.55. The van der Waals surface area contributed by atoms with Gasteiger partial charge in [-0.25, -0.2) is 9.78 Å². The van der Waals surface area contributed by atoms with Crippen molar-refractivity contribution in [3.63, 3.8) is 0 Å². The number of amides is 1. The van der Waals surface area contributed by atoms with Crippen molar-refractivity contribution in [1.29, 1.82) is 0 Å². The van der Waals surface area contributed by atoms with Gasteiger partial charge in [0.1, 0.15) is 11.4 Å². The number of hydrogen-bond donors (Lipinski definition) is 2. The van der Waals surface area contributed by atoms with Crippen LogP contribution in [-0.4, -0.2) is 39.9 Å². The fourth-order valence-electron chi connectivity index (χ4n) is 2.94.